The van der Waals surface area contributed by atoms with E-state index in [1.165, 1.54) is 0 Å². The lowest BCUT2D eigenvalue weighted by molar-refractivity contribution is -0.106. The molecule has 2 nitrogen and oxygen atoms in total. The number of carbonyl (C=O) groups excluding carboxylic acids is 2. The zero-order chi connectivity index (χ0) is 12.3. The first-order valence-electron chi connectivity index (χ1n) is 6.39. The number of carbonyl (C=O) groups is 2. The van der Waals surface area contributed by atoms with E-state index in [1.807, 2.05) is 0 Å². The van der Waals surface area contributed by atoms with Gasteiger partial charge in [0, 0.05) is 5.41 Å². The quantitative estimate of drug-likeness (QED) is 0.683. The number of hydrogen-bond donors (Lipinski definition) is 0. The average molecular weight is 230 g/mol. The Balaban J connectivity index is 2.20. The molecule has 0 aromatic heterocycles. The Hall–Kier alpha value is -1.18. The highest BCUT2D eigenvalue weighted by Crippen LogP contribution is 2.69. The van der Waals surface area contributed by atoms with E-state index in [4.69, 9.17) is 0 Å². The van der Waals surface area contributed by atoms with Crippen LogP contribution in [0.15, 0.2) is 23.3 Å². The lowest BCUT2D eigenvalue weighted by Crippen LogP contribution is -2.32. The van der Waals surface area contributed by atoms with Gasteiger partial charge in [0.2, 0.25) is 0 Å². The molecule has 0 aromatic rings. The topological polar surface area (TPSA) is 34.1 Å². The largest absolute Gasteiger partial charge is 0.298 e. The molecule has 1 saturated carbocycles. The van der Waals surface area contributed by atoms with Crippen molar-refractivity contribution in [1.29, 1.82) is 0 Å². The molecule has 3 unspecified atom stereocenters. The highest BCUT2D eigenvalue weighted by Gasteiger charge is 2.63. The highest BCUT2D eigenvalue weighted by molar-refractivity contribution is 5.86. The maximum Gasteiger partial charge on any atom is 0.146 e. The van der Waals surface area contributed by atoms with Crippen LogP contribution in [0.5, 0.6) is 0 Å². The van der Waals surface area contributed by atoms with Crippen LogP contribution in [0.25, 0.3) is 0 Å². The summed E-state index contributed by atoms with van der Waals surface area (Å²) in [6.07, 6.45) is 9.01. The maximum atomic E-state index is 11.3. The maximum absolute atomic E-state index is 11.3. The van der Waals surface area contributed by atoms with Crippen molar-refractivity contribution in [2.45, 2.75) is 33.1 Å². The van der Waals surface area contributed by atoms with Crippen LogP contribution in [0.1, 0.15) is 33.1 Å². The molecule has 0 aromatic carbocycles. The third-order valence-electron chi connectivity index (χ3n) is 5.59. The lowest BCUT2D eigenvalue weighted by Gasteiger charge is -2.35. The molecule has 0 saturated heterocycles. The second-order valence-electron chi connectivity index (χ2n) is 6.27. The lowest BCUT2D eigenvalue weighted by atomic mass is 9.66. The first-order valence-corrected chi connectivity index (χ1v) is 6.39. The molecule has 0 aliphatic heterocycles. The van der Waals surface area contributed by atoms with Gasteiger partial charge in [-0.15, -0.1) is 0 Å². The van der Waals surface area contributed by atoms with Gasteiger partial charge in [0.15, 0.2) is 0 Å². The molecule has 17 heavy (non-hydrogen) atoms. The molecule has 3 atom stereocenters. The number of rotatable bonds is 2. The molecule has 0 amide bonds. The molecule has 3 rings (SSSR count). The van der Waals surface area contributed by atoms with Crippen LogP contribution in [0.4, 0.5) is 0 Å². The zero-order valence-electron chi connectivity index (χ0n) is 10.4. The fourth-order valence-corrected chi connectivity index (χ4v) is 4.60. The monoisotopic (exact) mass is 230 g/mol. The van der Waals surface area contributed by atoms with Crippen molar-refractivity contribution in [2.75, 3.05) is 0 Å². The number of aldehydes is 2. The molecule has 0 heterocycles. The summed E-state index contributed by atoms with van der Waals surface area (Å²) in [7, 11) is 0. The van der Waals surface area contributed by atoms with E-state index in [9.17, 15) is 9.59 Å². The van der Waals surface area contributed by atoms with E-state index in [-0.39, 0.29) is 10.8 Å². The summed E-state index contributed by atoms with van der Waals surface area (Å²) < 4.78 is 0. The van der Waals surface area contributed by atoms with Gasteiger partial charge in [0.1, 0.15) is 12.6 Å². The molecular formula is C15H18O2. The van der Waals surface area contributed by atoms with Gasteiger partial charge in [-0.2, -0.15) is 0 Å². The molecule has 90 valence electrons. The van der Waals surface area contributed by atoms with Crippen LogP contribution in [-0.4, -0.2) is 12.6 Å². The van der Waals surface area contributed by atoms with Gasteiger partial charge >= 0.3 is 0 Å². The Morgan fingerprint density at radius 3 is 2.29 bits per heavy atom. The number of hydrogen-bond acceptors (Lipinski definition) is 2. The summed E-state index contributed by atoms with van der Waals surface area (Å²) in [5.74, 6) is 1.04. The van der Waals surface area contributed by atoms with Crippen molar-refractivity contribution in [3.05, 3.63) is 23.3 Å². The van der Waals surface area contributed by atoms with Gasteiger partial charge in [-0.05, 0) is 47.7 Å². The van der Waals surface area contributed by atoms with Crippen molar-refractivity contribution < 1.29 is 9.59 Å². The van der Waals surface area contributed by atoms with E-state index in [1.54, 1.807) is 0 Å². The van der Waals surface area contributed by atoms with E-state index in [0.29, 0.717) is 11.8 Å². The standard InChI is InChI=1S/C15H18O2/c1-14(2)10-3-4-11(8-16)15(7-10)12(9-17)5-6-13(14)15/h4-5,8-10,13H,3,6-7H2,1-2H3. The van der Waals surface area contributed by atoms with Gasteiger partial charge in [-0.1, -0.05) is 26.0 Å². The van der Waals surface area contributed by atoms with E-state index in [0.717, 1.165) is 43.0 Å². The van der Waals surface area contributed by atoms with Gasteiger partial charge in [-0.3, -0.25) is 9.59 Å². The minimum Gasteiger partial charge on any atom is -0.298 e. The summed E-state index contributed by atoms with van der Waals surface area (Å²) in [6, 6.07) is 0. The Morgan fingerprint density at radius 2 is 1.71 bits per heavy atom. The van der Waals surface area contributed by atoms with Crippen molar-refractivity contribution in [3.8, 4) is 0 Å². The van der Waals surface area contributed by atoms with Crippen LogP contribution in [0.2, 0.25) is 0 Å². The summed E-state index contributed by atoms with van der Waals surface area (Å²) in [5.41, 5.74) is 1.70. The first-order chi connectivity index (χ1) is 8.07. The van der Waals surface area contributed by atoms with Crippen LogP contribution in [-0.2, 0) is 9.59 Å². The Morgan fingerprint density at radius 1 is 1.12 bits per heavy atom. The number of allylic oxidation sites excluding steroid dienone is 4. The molecule has 1 spiro atoms. The fourth-order valence-electron chi connectivity index (χ4n) is 4.60. The SMILES string of the molecule is CC1(C)C2CC=C(C=O)C3(C2)C(C=O)=CCC31. The van der Waals surface area contributed by atoms with Crippen LogP contribution < -0.4 is 0 Å². The Kier molecular flexibility index (Phi) is 2.05. The van der Waals surface area contributed by atoms with Crippen LogP contribution >= 0.6 is 0 Å². The minimum absolute atomic E-state index is 0.225. The number of fused-ring (bicyclic) bond motifs is 1. The fraction of sp³-hybridized carbons (Fsp3) is 0.600. The smallest absolute Gasteiger partial charge is 0.146 e. The van der Waals surface area contributed by atoms with Crippen LogP contribution in [0, 0.1) is 22.7 Å². The van der Waals surface area contributed by atoms with Crippen molar-refractivity contribution >= 4 is 12.6 Å². The summed E-state index contributed by atoms with van der Waals surface area (Å²) in [5, 5.41) is 0. The zero-order valence-corrected chi connectivity index (χ0v) is 10.4. The van der Waals surface area contributed by atoms with Gasteiger partial charge in [-0.25, -0.2) is 0 Å². The molecule has 2 bridgehead atoms. The second-order valence-corrected chi connectivity index (χ2v) is 6.27. The van der Waals surface area contributed by atoms with E-state index < -0.39 is 0 Å². The molecular weight excluding hydrogens is 212 g/mol. The minimum atomic E-state index is -0.240. The van der Waals surface area contributed by atoms with Crippen molar-refractivity contribution in [2.24, 2.45) is 22.7 Å². The predicted octanol–water partition coefficient (Wildman–Crippen LogP) is 2.69. The molecule has 0 N–H and O–H groups in total. The molecule has 3 aliphatic carbocycles. The van der Waals surface area contributed by atoms with E-state index >= 15 is 0 Å². The average Bonchev–Trinajstić information content (AvgIpc) is 2.75. The summed E-state index contributed by atoms with van der Waals surface area (Å²) in [6.45, 7) is 4.60. The van der Waals surface area contributed by atoms with Crippen molar-refractivity contribution in [3.63, 3.8) is 0 Å². The van der Waals surface area contributed by atoms with Gasteiger partial charge in [0.05, 0.1) is 0 Å². The third kappa shape index (κ3) is 1.07. The van der Waals surface area contributed by atoms with Gasteiger partial charge < -0.3 is 0 Å². The predicted molar refractivity (Wildman–Crippen MR) is 65.3 cm³/mol. The van der Waals surface area contributed by atoms with E-state index in [2.05, 4.69) is 26.0 Å². The second kappa shape index (κ2) is 3.18. The molecule has 2 heteroatoms. The summed E-state index contributed by atoms with van der Waals surface area (Å²) in [4.78, 5) is 22.7. The normalized spacial score (nSPS) is 41.5. The Bertz CT molecular complexity index is 456. The Labute approximate surface area is 102 Å². The summed E-state index contributed by atoms with van der Waals surface area (Å²) >= 11 is 0. The first kappa shape index (κ1) is 10.9. The van der Waals surface area contributed by atoms with Crippen molar-refractivity contribution in [1.82, 2.24) is 0 Å². The third-order valence-corrected chi connectivity index (χ3v) is 5.59. The molecule has 0 radical (unpaired) electrons. The molecule has 1 fully saturated rings. The van der Waals surface area contributed by atoms with Crippen LogP contribution in [0.3, 0.4) is 0 Å². The molecule has 3 aliphatic rings. The van der Waals surface area contributed by atoms with Gasteiger partial charge in [0.25, 0.3) is 0 Å². The highest BCUT2D eigenvalue weighted by atomic mass is 16.1.